The lowest BCUT2D eigenvalue weighted by Gasteiger charge is -2.15. The summed E-state index contributed by atoms with van der Waals surface area (Å²) in [6.45, 7) is 0. The standard InChI is InChI=1S/C10H10F3I2NO.ClH/c11-10(12,13)2-1-8(16)5-3-6(14)9(17)7(15)4-5;/h3-4,8,17H,1-2,16H2;1H/t8-;/m0./s1. The summed E-state index contributed by atoms with van der Waals surface area (Å²) in [6, 6.07) is 2.55. The second-order valence-electron chi connectivity index (χ2n) is 3.59. The molecular weight excluding hydrogens is 496 g/mol. The summed E-state index contributed by atoms with van der Waals surface area (Å²) >= 11 is 3.84. The molecule has 3 N–H and O–H groups in total. The fourth-order valence-electron chi connectivity index (χ4n) is 1.29. The Morgan fingerprint density at radius 1 is 1.22 bits per heavy atom. The van der Waals surface area contributed by atoms with Crippen molar-refractivity contribution in [2.75, 3.05) is 0 Å². The fraction of sp³-hybridized carbons (Fsp3) is 0.400. The molecule has 0 bridgehead atoms. The molecule has 0 aromatic heterocycles. The van der Waals surface area contributed by atoms with Crippen LogP contribution in [0, 0.1) is 7.14 Å². The van der Waals surface area contributed by atoms with Crippen LogP contribution in [0.25, 0.3) is 0 Å². The highest BCUT2D eigenvalue weighted by Crippen LogP contribution is 2.32. The Morgan fingerprint density at radius 2 is 1.67 bits per heavy atom. The molecule has 0 aliphatic heterocycles. The average molecular weight is 507 g/mol. The molecule has 8 heteroatoms. The van der Waals surface area contributed by atoms with Gasteiger partial charge in [0, 0.05) is 12.5 Å². The van der Waals surface area contributed by atoms with Crippen molar-refractivity contribution in [1.82, 2.24) is 0 Å². The second kappa shape index (κ2) is 7.34. The lowest BCUT2D eigenvalue weighted by Crippen LogP contribution is -2.16. The van der Waals surface area contributed by atoms with Gasteiger partial charge in [-0.05, 0) is 69.3 Å². The van der Waals surface area contributed by atoms with E-state index in [4.69, 9.17) is 5.73 Å². The van der Waals surface area contributed by atoms with Crippen LogP contribution in [0.3, 0.4) is 0 Å². The molecule has 0 amide bonds. The normalized spacial score (nSPS) is 13.0. The number of phenolic OH excluding ortho intramolecular Hbond substituents is 1. The topological polar surface area (TPSA) is 46.2 Å². The zero-order valence-electron chi connectivity index (χ0n) is 8.97. The second-order valence-corrected chi connectivity index (χ2v) is 5.92. The predicted molar refractivity (Wildman–Crippen MR) is 83.0 cm³/mol. The molecule has 1 rings (SSSR count). The van der Waals surface area contributed by atoms with E-state index in [0.717, 1.165) is 0 Å². The van der Waals surface area contributed by atoms with E-state index in [1.54, 1.807) is 12.1 Å². The molecule has 0 saturated carbocycles. The smallest absolute Gasteiger partial charge is 0.389 e. The number of rotatable bonds is 3. The molecule has 0 aliphatic rings. The number of hydrogen-bond donors (Lipinski definition) is 2. The first-order valence-electron chi connectivity index (χ1n) is 4.71. The van der Waals surface area contributed by atoms with Gasteiger partial charge in [-0.1, -0.05) is 0 Å². The average Bonchev–Trinajstić information content (AvgIpc) is 2.20. The van der Waals surface area contributed by atoms with E-state index in [0.29, 0.717) is 12.7 Å². The Balaban J connectivity index is 0.00000289. The third-order valence-electron chi connectivity index (χ3n) is 2.21. The molecule has 0 spiro atoms. The zero-order valence-corrected chi connectivity index (χ0v) is 14.1. The molecule has 2 nitrogen and oxygen atoms in total. The minimum atomic E-state index is -4.19. The lowest BCUT2D eigenvalue weighted by molar-refractivity contribution is -0.136. The molecule has 104 valence electrons. The van der Waals surface area contributed by atoms with Crippen molar-refractivity contribution in [3.05, 3.63) is 24.8 Å². The summed E-state index contributed by atoms with van der Waals surface area (Å²) in [5.41, 5.74) is 6.31. The highest BCUT2D eigenvalue weighted by molar-refractivity contribution is 14.1. The summed E-state index contributed by atoms with van der Waals surface area (Å²) in [6.07, 6.45) is -5.24. The monoisotopic (exact) mass is 507 g/mol. The molecule has 0 radical (unpaired) electrons. The summed E-state index contributed by atoms with van der Waals surface area (Å²) in [5, 5.41) is 9.54. The first-order chi connectivity index (χ1) is 7.70. The SMILES string of the molecule is Cl.N[C@@H](CCC(F)(F)F)c1cc(I)c(O)c(I)c1. The maximum absolute atomic E-state index is 12.1. The Labute approximate surface area is 136 Å². The van der Waals surface area contributed by atoms with Gasteiger partial charge in [0.1, 0.15) is 5.75 Å². The number of halogens is 6. The van der Waals surface area contributed by atoms with Gasteiger partial charge in [0.2, 0.25) is 0 Å². The van der Waals surface area contributed by atoms with Gasteiger partial charge in [-0.3, -0.25) is 0 Å². The zero-order chi connectivity index (χ0) is 13.2. The van der Waals surface area contributed by atoms with Crippen LogP contribution in [0.4, 0.5) is 13.2 Å². The molecule has 0 aliphatic carbocycles. The van der Waals surface area contributed by atoms with Crippen molar-refractivity contribution in [1.29, 1.82) is 0 Å². The number of aromatic hydroxyl groups is 1. The minimum absolute atomic E-state index is 0. The number of benzene rings is 1. The van der Waals surface area contributed by atoms with E-state index in [-0.39, 0.29) is 24.6 Å². The van der Waals surface area contributed by atoms with Crippen molar-refractivity contribution in [2.24, 2.45) is 5.73 Å². The highest BCUT2D eigenvalue weighted by atomic mass is 127. The Kier molecular flexibility index (Phi) is 7.55. The lowest BCUT2D eigenvalue weighted by atomic mass is 10.0. The highest BCUT2D eigenvalue weighted by Gasteiger charge is 2.28. The molecule has 1 atom stereocenters. The minimum Gasteiger partial charge on any atom is -0.506 e. The molecule has 0 saturated heterocycles. The summed E-state index contributed by atoms with van der Waals surface area (Å²) in [7, 11) is 0. The van der Waals surface area contributed by atoms with Crippen LogP contribution in [0.2, 0.25) is 0 Å². The molecule has 1 aromatic carbocycles. The van der Waals surface area contributed by atoms with Gasteiger partial charge in [0.05, 0.1) is 7.14 Å². The van der Waals surface area contributed by atoms with Gasteiger partial charge in [0.25, 0.3) is 0 Å². The van der Waals surface area contributed by atoms with E-state index in [9.17, 15) is 18.3 Å². The maximum Gasteiger partial charge on any atom is 0.389 e. The van der Waals surface area contributed by atoms with Gasteiger partial charge < -0.3 is 10.8 Å². The molecule has 0 unspecified atom stereocenters. The van der Waals surface area contributed by atoms with Crippen molar-refractivity contribution < 1.29 is 18.3 Å². The molecule has 1 aromatic rings. The quantitative estimate of drug-likeness (QED) is 0.598. The Bertz CT molecular complexity index is 392. The summed E-state index contributed by atoms with van der Waals surface area (Å²) in [5.74, 6) is 0.137. The summed E-state index contributed by atoms with van der Waals surface area (Å²) in [4.78, 5) is 0. The van der Waals surface area contributed by atoms with Crippen LogP contribution >= 0.6 is 57.6 Å². The maximum atomic E-state index is 12.1. The van der Waals surface area contributed by atoms with E-state index in [2.05, 4.69) is 0 Å². The number of nitrogens with two attached hydrogens (primary N) is 1. The Morgan fingerprint density at radius 3 is 2.06 bits per heavy atom. The van der Waals surface area contributed by atoms with E-state index in [1.165, 1.54) is 0 Å². The van der Waals surface area contributed by atoms with Crippen LogP contribution in [0.15, 0.2) is 12.1 Å². The largest absolute Gasteiger partial charge is 0.506 e. The van der Waals surface area contributed by atoms with Crippen LogP contribution in [0.1, 0.15) is 24.4 Å². The fourth-order valence-corrected chi connectivity index (χ4v) is 3.10. The van der Waals surface area contributed by atoms with Crippen molar-refractivity contribution in [3.8, 4) is 5.75 Å². The van der Waals surface area contributed by atoms with Crippen LogP contribution in [0.5, 0.6) is 5.75 Å². The van der Waals surface area contributed by atoms with E-state index >= 15 is 0 Å². The third-order valence-corrected chi connectivity index (χ3v) is 3.85. The van der Waals surface area contributed by atoms with Gasteiger partial charge in [0.15, 0.2) is 0 Å². The molecular formula is C10H11ClF3I2NO. The van der Waals surface area contributed by atoms with Crippen LogP contribution in [-0.2, 0) is 0 Å². The van der Waals surface area contributed by atoms with Crippen molar-refractivity contribution >= 4 is 57.6 Å². The predicted octanol–water partition coefficient (Wildman–Crippen LogP) is 4.37. The molecule has 0 fully saturated rings. The van der Waals surface area contributed by atoms with Gasteiger partial charge >= 0.3 is 6.18 Å². The van der Waals surface area contributed by atoms with E-state index < -0.39 is 18.6 Å². The Hall–Kier alpha value is 0.520. The number of alkyl halides is 3. The van der Waals surface area contributed by atoms with Crippen molar-refractivity contribution in [3.63, 3.8) is 0 Å². The van der Waals surface area contributed by atoms with Gasteiger partial charge in [-0.2, -0.15) is 13.2 Å². The first kappa shape index (κ1) is 18.5. The molecule has 18 heavy (non-hydrogen) atoms. The van der Waals surface area contributed by atoms with Gasteiger partial charge in [-0.25, -0.2) is 0 Å². The number of phenols is 1. The van der Waals surface area contributed by atoms with Crippen LogP contribution < -0.4 is 5.73 Å². The third kappa shape index (κ3) is 5.66. The van der Waals surface area contributed by atoms with E-state index in [1.807, 2.05) is 45.2 Å². The van der Waals surface area contributed by atoms with Crippen LogP contribution in [-0.4, -0.2) is 11.3 Å². The molecule has 0 heterocycles. The van der Waals surface area contributed by atoms with Crippen molar-refractivity contribution in [2.45, 2.75) is 25.1 Å². The first-order valence-corrected chi connectivity index (χ1v) is 6.86. The number of hydrogen-bond acceptors (Lipinski definition) is 2. The summed E-state index contributed by atoms with van der Waals surface area (Å²) < 4.78 is 37.3. The van der Waals surface area contributed by atoms with Gasteiger partial charge in [-0.15, -0.1) is 12.4 Å².